The summed E-state index contributed by atoms with van der Waals surface area (Å²) in [4.78, 5) is 4.92. The van der Waals surface area contributed by atoms with Crippen molar-refractivity contribution in [2.24, 2.45) is 23.7 Å². The number of nitriles is 1. The average molecular weight is 222 g/mol. The molecule has 2 N–H and O–H groups in total. The van der Waals surface area contributed by atoms with Crippen LogP contribution < -0.4 is 5.90 Å². The molecule has 0 saturated heterocycles. The molecule has 2 rings (SSSR count). The molecule has 0 heterocycles. The van der Waals surface area contributed by atoms with Gasteiger partial charge in [0.05, 0.1) is 12.2 Å². The molecular formula is C13H22N2O. The van der Waals surface area contributed by atoms with Crippen molar-refractivity contribution >= 4 is 0 Å². The Morgan fingerprint density at radius 2 is 1.38 bits per heavy atom. The van der Waals surface area contributed by atoms with Gasteiger partial charge in [0.15, 0.2) is 0 Å². The molecule has 0 radical (unpaired) electrons. The van der Waals surface area contributed by atoms with Crippen LogP contribution >= 0.6 is 0 Å². The van der Waals surface area contributed by atoms with Crippen molar-refractivity contribution in [2.75, 3.05) is 0 Å². The van der Waals surface area contributed by atoms with Crippen molar-refractivity contribution in [3.63, 3.8) is 0 Å². The smallest absolute Gasteiger partial charge is 0.0787 e. The van der Waals surface area contributed by atoms with E-state index in [4.69, 9.17) is 16.0 Å². The minimum Gasteiger partial charge on any atom is -0.301 e. The van der Waals surface area contributed by atoms with Crippen LogP contribution in [0.4, 0.5) is 0 Å². The van der Waals surface area contributed by atoms with Crippen molar-refractivity contribution in [1.82, 2.24) is 0 Å². The second-order valence-corrected chi connectivity index (χ2v) is 5.41. The molecule has 0 unspecified atom stereocenters. The first kappa shape index (κ1) is 11.9. The Kier molecular flexibility index (Phi) is 4.20. The number of nitrogens with zero attached hydrogens (tertiary/aromatic N) is 1. The lowest BCUT2D eigenvalue weighted by molar-refractivity contribution is 0.00675. The van der Waals surface area contributed by atoms with Gasteiger partial charge in [-0.3, -0.25) is 0 Å². The largest absolute Gasteiger partial charge is 0.301 e. The molecule has 0 amide bonds. The zero-order valence-corrected chi connectivity index (χ0v) is 9.90. The molecule has 16 heavy (non-hydrogen) atoms. The molecule has 0 aromatic heterocycles. The number of hydrogen-bond acceptors (Lipinski definition) is 3. The maximum Gasteiger partial charge on any atom is 0.0787 e. The van der Waals surface area contributed by atoms with E-state index < -0.39 is 0 Å². The van der Waals surface area contributed by atoms with Gasteiger partial charge in [-0.25, -0.2) is 5.90 Å². The van der Waals surface area contributed by atoms with E-state index in [1.54, 1.807) is 0 Å². The fourth-order valence-electron chi connectivity index (χ4n) is 3.42. The molecular weight excluding hydrogens is 200 g/mol. The first-order valence-electron chi connectivity index (χ1n) is 6.58. The Bertz CT molecular complexity index is 245. The summed E-state index contributed by atoms with van der Waals surface area (Å²) < 4.78 is 0. The molecule has 3 nitrogen and oxygen atoms in total. The van der Waals surface area contributed by atoms with Gasteiger partial charge in [0, 0.05) is 5.92 Å². The molecule has 3 heteroatoms. The van der Waals surface area contributed by atoms with Crippen LogP contribution in [0.15, 0.2) is 0 Å². The minimum absolute atomic E-state index is 0.298. The molecule has 2 fully saturated rings. The highest BCUT2D eigenvalue weighted by atomic mass is 16.6. The van der Waals surface area contributed by atoms with Crippen LogP contribution in [0.25, 0.3) is 0 Å². The number of hydrogen-bond donors (Lipinski definition) is 1. The van der Waals surface area contributed by atoms with E-state index in [0.29, 0.717) is 12.0 Å². The minimum atomic E-state index is 0.298. The monoisotopic (exact) mass is 222 g/mol. The Balaban J connectivity index is 1.76. The fourth-order valence-corrected chi connectivity index (χ4v) is 3.42. The molecule has 0 aromatic rings. The van der Waals surface area contributed by atoms with E-state index in [1.165, 1.54) is 25.7 Å². The van der Waals surface area contributed by atoms with E-state index in [-0.39, 0.29) is 0 Å². The molecule has 0 aliphatic heterocycles. The van der Waals surface area contributed by atoms with E-state index in [9.17, 15) is 0 Å². The van der Waals surface area contributed by atoms with Crippen LogP contribution in [0.3, 0.4) is 0 Å². The zero-order chi connectivity index (χ0) is 11.4. The molecule has 2 aliphatic rings. The van der Waals surface area contributed by atoms with Gasteiger partial charge in [0.1, 0.15) is 0 Å². The summed E-state index contributed by atoms with van der Waals surface area (Å²) >= 11 is 0. The summed E-state index contributed by atoms with van der Waals surface area (Å²) in [6.45, 7) is 0. The van der Waals surface area contributed by atoms with Gasteiger partial charge >= 0.3 is 0 Å². The number of rotatable bonds is 2. The van der Waals surface area contributed by atoms with Gasteiger partial charge in [-0.1, -0.05) is 0 Å². The van der Waals surface area contributed by atoms with Crippen LogP contribution in [0.1, 0.15) is 51.4 Å². The van der Waals surface area contributed by atoms with Gasteiger partial charge in [0.25, 0.3) is 0 Å². The first-order chi connectivity index (χ1) is 7.83. The Labute approximate surface area is 97.9 Å². The average Bonchev–Trinajstić information content (AvgIpc) is 2.39. The van der Waals surface area contributed by atoms with Crippen LogP contribution in [0, 0.1) is 29.1 Å². The topological polar surface area (TPSA) is 59.0 Å². The van der Waals surface area contributed by atoms with E-state index >= 15 is 0 Å². The normalized spacial score (nSPS) is 40.2. The number of nitrogens with two attached hydrogens (primary N) is 1. The highest BCUT2D eigenvalue weighted by Crippen LogP contribution is 2.40. The van der Waals surface area contributed by atoms with E-state index in [0.717, 1.165) is 37.5 Å². The maximum absolute atomic E-state index is 8.87. The maximum atomic E-state index is 8.87. The van der Waals surface area contributed by atoms with Crippen LogP contribution in [0.2, 0.25) is 0 Å². The summed E-state index contributed by atoms with van der Waals surface area (Å²) in [5, 5.41) is 8.87. The van der Waals surface area contributed by atoms with Crippen molar-refractivity contribution in [1.29, 1.82) is 5.26 Å². The lowest BCUT2D eigenvalue weighted by Crippen LogP contribution is -2.29. The molecule has 2 saturated carbocycles. The van der Waals surface area contributed by atoms with Crippen LogP contribution in [0.5, 0.6) is 0 Å². The molecule has 0 spiro atoms. The van der Waals surface area contributed by atoms with E-state index in [1.807, 2.05) is 0 Å². The molecule has 0 aromatic carbocycles. The molecule has 0 atom stereocenters. The van der Waals surface area contributed by atoms with Gasteiger partial charge in [-0.15, -0.1) is 0 Å². The van der Waals surface area contributed by atoms with Gasteiger partial charge in [0.2, 0.25) is 0 Å². The van der Waals surface area contributed by atoms with Crippen molar-refractivity contribution in [2.45, 2.75) is 57.5 Å². The molecule has 90 valence electrons. The standard InChI is InChI=1S/C13H22N2O/c14-9-10-1-3-11(4-2-10)12-5-7-13(16-15)8-6-12/h10-13H,1-8,15H2. The summed E-state index contributed by atoms with van der Waals surface area (Å²) in [6.07, 6.45) is 9.84. The first-order valence-corrected chi connectivity index (χ1v) is 6.58. The van der Waals surface area contributed by atoms with Crippen molar-refractivity contribution < 1.29 is 4.84 Å². The summed E-state index contributed by atoms with van der Waals surface area (Å²) in [5.74, 6) is 7.29. The van der Waals surface area contributed by atoms with Gasteiger partial charge in [-0.2, -0.15) is 5.26 Å². The summed E-state index contributed by atoms with van der Waals surface area (Å²) in [7, 11) is 0. The third-order valence-corrected chi connectivity index (χ3v) is 4.53. The Morgan fingerprint density at radius 3 is 1.81 bits per heavy atom. The van der Waals surface area contributed by atoms with Crippen LogP contribution in [-0.4, -0.2) is 6.10 Å². The second kappa shape index (κ2) is 5.65. The summed E-state index contributed by atoms with van der Waals surface area (Å²) in [6, 6.07) is 2.41. The predicted octanol–water partition coefficient (Wildman–Crippen LogP) is 2.77. The second-order valence-electron chi connectivity index (χ2n) is 5.41. The Morgan fingerprint density at radius 1 is 0.875 bits per heavy atom. The van der Waals surface area contributed by atoms with Crippen molar-refractivity contribution in [3.05, 3.63) is 0 Å². The highest BCUT2D eigenvalue weighted by Gasteiger charge is 2.30. The predicted molar refractivity (Wildman–Crippen MR) is 62.1 cm³/mol. The SMILES string of the molecule is N#CC1CCC(C2CCC(ON)CC2)CC1. The lowest BCUT2D eigenvalue weighted by Gasteiger charge is -2.36. The van der Waals surface area contributed by atoms with Crippen molar-refractivity contribution in [3.8, 4) is 6.07 Å². The zero-order valence-electron chi connectivity index (χ0n) is 9.90. The van der Waals surface area contributed by atoms with E-state index in [2.05, 4.69) is 6.07 Å². The highest BCUT2D eigenvalue weighted by molar-refractivity contribution is 4.89. The molecule has 0 bridgehead atoms. The van der Waals surface area contributed by atoms with Gasteiger partial charge in [-0.05, 0) is 63.2 Å². The summed E-state index contributed by atoms with van der Waals surface area (Å²) in [5.41, 5.74) is 0. The third kappa shape index (κ3) is 2.75. The lowest BCUT2D eigenvalue weighted by atomic mass is 9.71. The third-order valence-electron chi connectivity index (χ3n) is 4.53. The van der Waals surface area contributed by atoms with Gasteiger partial charge < -0.3 is 4.84 Å². The fraction of sp³-hybridized carbons (Fsp3) is 0.923. The molecule has 2 aliphatic carbocycles. The van der Waals surface area contributed by atoms with Crippen LogP contribution in [-0.2, 0) is 4.84 Å². The Hall–Kier alpha value is -0.590. The quantitative estimate of drug-likeness (QED) is 0.731.